The van der Waals surface area contributed by atoms with Crippen molar-refractivity contribution in [2.24, 2.45) is 5.92 Å². The quantitative estimate of drug-likeness (QED) is 0.585. The maximum absolute atomic E-state index is 12.4. The Morgan fingerprint density at radius 2 is 2.09 bits per heavy atom. The molecule has 4 atom stereocenters. The first-order valence-corrected chi connectivity index (χ1v) is 12.6. The van der Waals surface area contributed by atoms with E-state index in [4.69, 9.17) is 4.43 Å². The zero-order valence-corrected chi connectivity index (χ0v) is 17.1. The monoisotopic (exact) mass is 357 g/mol. The van der Waals surface area contributed by atoms with Crippen molar-refractivity contribution >= 4 is 31.8 Å². The minimum Gasteiger partial charge on any atom is -0.413 e. The first-order chi connectivity index (χ1) is 10.5. The normalized spacial score (nSPS) is 29.8. The molecule has 2 fully saturated rings. The highest BCUT2D eigenvalue weighted by molar-refractivity contribution is 8.00. The molecule has 0 unspecified atom stereocenters. The predicted octanol–water partition coefficient (Wildman–Crippen LogP) is 3.37. The van der Waals surface area contributed by atoms with E-state index in [0.717, 1.165) is 18.6 Å². The summed E-state index contributed by atoms with van der Waals surface area (Å²) in [5.74, 6) is 1.23. The van der Waals surface area contributed by atoms with Crippen molar-refractivity contribution in [2.75, 3.05) is 5.75 Å². The molecule has 2 saturated heterocycles. The molecule has 0 aromatic heterocycles. The van der Waals surface area contributed by atoms with Gasteiger partial charge >= 0.3 is 0 Å². The summed E-state index contributed by atoms with van der Waals surface area (Å²) in [5, 5.41) is 3.18. The molecule has 132 valence electrons. The van der Waals surface area contributed by atoms with Gasteiger partial charge in [0.2, 0.25) is 5.91 Å². The van der Waals surface area contributed by atoms with Crippen molar-refractivity contribution in [3.8, 4) is 0 Å². The topological polar surface area (TPSA) is 55.4 Å². The standard InChI is InChI=1S/C17H31NO3SSi/c1-11(21-23(5,6)17(2,3)4)15-12(18-16(15)20)10-13(19)14-8-7-9-22-14/h11-12,14-15H,7-10H2,1-6H3,(H,18,20)/t11-,12-,14+,15-/m1/s1. The number of rotatable bonds is 6. The first kappa shape index (κ1) is 19.0. The van der Waals surface area contributed by atoms with Crippen molar-refractivity contribution < 1.29 is 14.0 Å². The Kier molecular flexibility index (Phi) is 5.69. The van der Waals surface area contributed by atoms with Gasteiger partial charge < -0.3 is 9.74 Å². The number of carbonyl (C=O) groups is 2. The average Bonchev–Trinajstić information content (AvgIpc) is 2.89. The van der Waals surface area contributed by atoms with E-state index < -0.39 is 8.32 Å². The highest BCUT2D eigenvalue weighted by Gasteiger charge is 2.48. The third-order valence-corrected chi connectivity index (χ3v) is 11.6. The molecule has 2 aliphatic rings. The molecule has 0 spiro atoms. The van der Waals surface area contributed by atoms with Crippen LogP contribution in [0.25, 0.3) is 0 Å². The van der Waals surface area contributed by atoms with E-state index in [9.17, 15) is 9.59 Å². The highest BCUT2D eigenvalue weighted by atomic mass is 32.2. The highest BCUT2D eigenvalue weighted by Crippen LogP contribution is 2.39. The van der Waals surface area contributed by atoms with Crippen LogP contribution < -0.4 is 5.32 Å². The van der Waals surface area contributed by atoms with Crippen molar-refractivity contribution in [1.29, 1.82) is 0 Å². The number of ketones is 1. The van der Waals surface area contributed by atoms with Crippen molar-refractivity contribution in [3.05, 3.63) is 0 Å². The summed E-state index contributed by atoms with van der Waals surface area (Å²) >= 11 is 1.76. The molecule has 0 aliphatic carbocycles. The minimum absolute atomic E-state index is 0.0353. The van der Waals surface area contributed by atoms with E-state index in [1.165, 1.54) is 0 Å². The Morgan fingerprint density at radius 1 is 1.43 bits per heavy atom. The van der Waals surface area contributed by atoms with Gasteiger partial charge in [-0.05, 0) is 43.7 Å². The smallest absolute Gasteiger partial charge is 0.228 e. The summed E-state index contributed by atoms with van der Waals surface area (Å²) in [4.78, 5) is 24.4. The second-order valence-corrected chi connectivity index (χ2v) is 14.5. The molecule has 2 rings (SSSR count). The fourth-order valence-electron chi connectivity index (χ4n) is 3.07. The van der Waals surface area contributed by atoms with Gasteiger partial charge in [-0.1, -0.05) is 20.8 Å². The van der Waals surface area contributed by atoms with Gasteiger partial charge in [0.15, 0.2) is 8.32 Å². The van der Waals surface area contributed by atoms with Gasteiger partial charge in [-0.3, -0.25) is 9.59 Å². The Morgan fingerprint density at radius 3 is 2.57 bits per heavy atom. The Hall–Kier alpha value is -0.333. The summed E-state index contributed by atoms with van der Waals surface area (Å²) in [6.45, 7) is 13.0. The van der Waals surface area contributed by atoms with E-state index >= 15 is 0 Å². The number of thioether (sulfide) groups is 1. The molecule has 0 aromatic carbocycles. The molecular formula is C17H31NO3SSi. The van der Waals surface area contributed by atoms with Crippen LogP contribution in [-0.4, -0.2) is 43.2 Å². The minimum atomic E-state index is -1.91. The van der Waals surface area contributed by atoms with Gasteiger partial charge in [-0.2, -0.15) is 11.8 Å². The summed E-state index contributed by atoms with van der Waals surface area (Å²) in [6.07, 6.45) is 2.45. The molecular weight excluding hydrogens is 326 g/mol. The van der Waals surface area contributed by atoms with Crippen LogP contribution in [0, 0.1) is 5.92 Å². The molecule has 0 aromatic rings. The lowest BCUT2D eigenvalue weighted by molar-refractivity contribution is -0.141. The zero-order chi connectivity index (χ0) is 17.4. The molecule has 2 heterocycles. The number of hydrogen-bond acceptors (Lipinski definition) is 4. The maximum Gasteiger partial charge on any atom is 0.228 e. The molecule has 0 radical (unpaired) electrons. The molecule has 4 nitrogen and oxygen atoms in total. The summed E-state index contributed by atoms with van der Waals surface area (Å²) in [7, 11) is -1.91. The molecule has 1 amide bonds. The van der Waals surface area contributed by atoms with Crippen LogP contribution in [-0.2, 0) is 14.0 Å². The van der Waals surface area contributed by atoms with Crippen LogP contribution in [0.15, 0.2) is 0 Å². The lowest BCUT2D eigenvalue weighted by atomic mass is 9.82. The number of Topliss-reactive ketones (excluding diaryl/α,β-unsaturated/α-hetero) is 1. The third kappa shape index (κ3) is 4.20. The molecule has 1 N–H and O–H groups in total. The zero-order valence-electron chi connectivity index (χ0n) is 15.3. The van der Waals surface area contributed by atoms with Crippen LogP contribution in [0.2, 0.25) is 18.1 Å². The van der Waals surface area contributed by atoms with E-state index in [0.29, 0.717) is 12.2 Å². The van der Waals surface area contributed by atoms with Crippen molar-refractivity contribution in [3.63, 3.8) is 0 Å². The number of nitrogens with one attached hydrogen (secondary N) is 1. The Balaban J connectivity index is 1.94. The Bertz CT molecular complexity index is 469. The van der Waals surface area contributed by atoms with Gasteiger partial charge in [-0.15, -0.1) is 0 Å². The van der Waals surface area contributed by atoms with Gasteiger partial charge in [-0.25, -0.2) is 0 Å². The van der Waals surface area contributed by atoms with Crippen LogP contribution in [0.1, 0.15) is 47.0 Å². The lowest BCUT2D eigenvalue weighted by Gasteiger charge is -2.45. The number of hydrogen-bond donors (Lipinski definition) is 1. The molecule has 2 aliphatic heterocycles. The second kappa shape index (κ2) is 6.88. The maximum atomic E-state index is 12.4. The van der Waals surface area contributed by atoms with Gasteiger partial charge in [0.05, 0.1) is 17.3 Å². The van der Waals surface area contributed by atoms with Crippen LogP contribution in [0.3, 0.4) is 0 Å². The van der Waals surface area contributed by atoms with E-state index in [1.807, 2.05) is 6.92 Å². The molecule has 0 bridgehead atoms. The van der Waals surface area contributed by atoms with Gasteiger partial charge in [0.25, 0.3) is 0 Å². The fourth-order valence-corrected chi connectivity index (χ4v) is 5.73. The van der Waals surface area contributed by atoms with Gasteiger partial charge in [0.1, 0.15) is 5.78 Å². The summed E-state index contributed by atoms with van der Waals surface area (Å²) in [6, 6.07) is -0.0454. The largest absolute Gasteiger partial charge is 0.413 e. The molecule has 6 heteroatoms. The third-order valence-electron chi connectivity index (χ3n) is 5.57. The summed E-state index contributed by atoms with van der Waals surface area (Å²) in [5.41, 5.74) is 0. The summed E-state index contributed by atoms with van der Waals surface area (Å²) < 4.78 is 6.38. The van der Waals surface area contributed by atoms with Crippen LogP contribution in [0.4, 0.5) is 0 Å². The van der Waals surface area contributed by atoms with Crippen LogP contribution >= 0.6 is 11.8 Å². The van der Waals surface area contributed by atoms with E-state index in [-0.39, 0.29) is 34.3 Å². The SMILES string of the molecule is C[C@@H](O[Si](C)(C)C(C)(C)C)[C@H]1C(=O)N[C@@H]1CC(=O)[C@@H]1CCCS1. The predicted molar refractivity (Wildman–Crippen MR) is 98.3 cm³/mol. The number of carbonyl (C=O) groups excluding carboxylic acids is 2. The average molecular weight is 358 g/mol. The van der Waals surface area contributed by atoms with Crippen molar-refractivity contribution in [1.82, 2.24) is 5.32 Å². The van der Waals surface area contributed by atoms with E-state index in [2.05, 4.69) is 39.2 Å². The van der Waals surface area contributed by atoms with Crippen molar-refractivity contribution in [2.45, 2.75) is 82.5 Å². The van der Waals surface area contributed by atoms with Gasteiger partial charge in [0, 0.05) is 12.5 Å². The number of amides is 1. The second-order valence-electron chi connectivity index (χ2n) is 8.40. The molecule has 23 heavy (non-hydrogen) atoms. The Labute approximate surface area is 145 Å². The first-order valence-electron chi connectivity index (χ1n) is 8.65. The molecule has 0 saturated carbocycles. The number of β-lactam (4-membered cyclic amide) rings is 1. The fraction of sp³-hybridized carbons (Fsp3) is 0.882. The van der Waals surface area contributed by atoms with Crippen LogP contribution in [0.5, 0.6) is 0 Å². The van der Waals surface area contributed by atoms with E-state index in [1.54, 1.807) is 11.8 Å². The lowest BCUT2D eigenvalue weighted by Crippen LogP contribution is -2.64.